The molecule has 0 aliphatic heterocycles. The summed E-state index contributed by atoms with van der Waals surface area (Å²) in [5, 5.41) is 4.16. The van der Waals surface area contributed by atoms with Crippen molar-refractivity contribution in [1.82, 2.24) is 5.32 Å². The summed E-state index contributed by atoms with van der Waals surface area (Å²) in [6.07, 6.45) is 6.33. The van der Waals surface area contributed by atoms with Gasteiger partial charge in [0.05, 0.1) is 12.7 Å². The minimum absolute atomic E-state index is 0.389. The maximum Gasteiger partial charge on any atom is 0.0820 e. The molecule has 0 unspecified atom stereocenters. The van der Waals surface area contributed by atoms with E-state index in [-0.39, 0.29) is 0 Å². The Kier molecular flexibility index (Phi) is 6.30. The van der Waals surface area contributed by atoms with Crippen molar-refractivity contribution in [2.45, 2.75) is 51.2 Å². The van der Waals surface area contributed by atoms with Crippen LogP contribution >= 0.6 is 11.6 Å². The summed E-state index contributed by atoms with van der Waals surface area (Å²) in [6.45, 7) is 7.46. The van der Waals surface area contributed by atoms with Crippen LogP contribution in [0, 0.1) is 0 Å². The fourth-order valence-electron chi connectivity index (χ4n) is 1.99. The van der Waals surface area contributed by atoms with Crippen LogP contribution in [0.5, 0.6) is 0 Å². The third-order valence-corrected chi connectivity index (χ3v) is 2.94. The van der Waals surface area contributed by atoms with Crippen LogP contribution in [0.4, 0.5) is 0 Å². The van der Waals surface area contributed by atoms with Gasteiger partial charge in [-0.25, -0.2) is 0 Å². The van der Waals surface area contributed by atoms with E-state index in [0.29, 0.717) is 23.8 Å². The van der Waals surface area contributed by atoms with Crippen LogP contribution in [-0.4, -0.2) is 25.3 Å². The molecular weight excluding hydrogens is 210 g/mol. The predicted molar refractivity (Wildman–Crippen MR) is 65.3 cm³/mol. The Balaban J connectivity index is 2.09. The second-order valence-electron chi connectivity index (χ2n) is 4.26. The van der Waals surface area contributed by atoms with Crippen molar-refractivity contribution < 1.29 is 4.74 Å². The van der Waals surface area contributed by atoms with Crippen molar-refractivity contribution in [2.24, 2.45) is 0 Å². The van der Waals surface area contributed by atoms with E-state index in [1.54, 1.807) is 0 Å². The van der Waals surface area contributed by atoms with Gasteiger partial charge in [0.25, 0.3) is 0 Å². The van der Waals surface area contributed by atoms with Crippen LogP contribution in [-0.2, 0) is 4.74 Å². The summed E-state index contributed by atoms with van der Waals surface area (Å²) in [4.78, 5) is 0. The van der Waals surface area contributed by atoms with E-state index < -0.39 is 0 Å². The number of nitrogens with one attached hydrogen (secondary N) is 1. The van der Waals surface area contributed by atoms with Crippen molar-refractivity contribution in [1.29, 1.82) is 0 Å². The van der Waals surface area contributed by atoms with Crippen LogP contribution in [0.2, 0.25) is 0 Å². The molecule has 1 aliphatic rings. The number of hydrogen-bond donors (Lipinski definition) is 1. The molecule has 0 spiro atoms. The second-order valence-corrected chi connectivity index (χ2v) is 4.79. The molecule has 0 saturated heterocycles. The first-order chi connectivity index (χ1) is 7.22. The highest BCUT2D eigenvalue weighted by molar-refractivity contribution is 6.29. The van der Waals surface area contributed by atoms with Gasteiger partial charge in [0.15, 0.2) is 0 Å². The zero-order valence-electron chi connectivity index (χ0n) is 9.60. The molecule has 1 saturated carbocycles. The molecule has 88 valence electrons. The molecule has 0 amide bonds. The lowest BCUT2D eigenvalue weighted by molar-refractivity contribution is 0.0384. The summed E-state index contributed by atoms with van der Waals surface area (Å²) >= 11 is 5.66. The van der Waals surface area contributed by atoms with Crippen LogP contribution in [0.25, 0.3) is 0 Å². The van der Waals surface area contributed by atoms with Gasteiger partial charge >= 0.3 is 0 Å². The van der Waals surface area contributed by atoms with Crippen LogP contribution in [0.15, 0.2) is 11.6 Å². The zero-order valence-corrected chi connectivity index (χ0v) is 10.4. The summed E-state index contributed by atoms with van der Waals surface area (Å²) in [5.74, 6) is 0. The molecule has 0 aromatic carbocycles. The Labute approximate surface area is 98.0 Å². The predicted octanol–water partition coefficient (Wildman–Crippen LogP) is 3.07. The molecule has 1 fully saturated rings. The molecule has 0 bridgehead atoms. The molecule has 0 aromatic heterocycles. The minimum atomic E-state index is 0.389. The summed E-state index contributed by atoms with van der Waals surface area (Å²) in [6, 6.07) is 0.698. The Morgan fingerprint density at radius 1 is 1.40 bits per heavy atom. The van der Waals surface area contributed by atoms with Gasteiger partial charge in [-0.1, -0.05) is 25.1 Å². The van der Waals surface area contributed by atoms with Gasteiger partial charge in [0.2, 0.25) is 0 Å². The van der Waals surface area contributed by atoms with Crippen molar-refractivity contribution in [3.8, 4) is 0 Å². The van der Waals surface area contributed by atoms with Gasteiger partial charge in [-0.15, -0.1) is 0 Å². The van der Waals surface area contributed by atoms with Crippen molar-refractivity contribution >= 4 is 11.6 Å². The Morgan fingerprint density at radius 2 is 2.07 bits per heavy atom. The molecule has 0 heterocycles. The van der Waals surface area contributed by atoms with E-state index in [0.717, 1.165) is 19.4 Å². The SMILES string of the molecule is C=C(Cl)COC1CCC(NCCC)CC1. The quantitative estimate of drug-likeness (QED) is 0.759. The van der Waals surface area contributed by atoms with E-state index in [1.165, 1.54) is 19.3 Å². The van der Waals surface area contributed by atoms with Gasteiger partial charge < -0.3 is 10.1 Å². The lowest BCUT2D eigenvalue weighted by Gasteiger charge is -2.29. The maximum atomic E-state index is 5.66. The van der Waals surface area contributed by atoms with E-state index in [1.807, 2.05) is 0 Å². The van der Waals surface area contributed by atoms with E-state index in [2.05, 4.69) is 18.8 Å². The van der Waals surface area contributed by atoms with Crippen molar-refractivity contribution in [3.05, 3.63) is 11.6 Å². The third-order valence-electron chi connectivity index (χ3n) is 2.83. The van der Waals surface area contributed by atoms with Crippen LogP contribution in [0.1, 0.15) is 39.0 Å². The zero-order chi connectivity index (χ0) is 11.1. The molecule has 1 aliphatic carbocycles. The van der Waals surface area contributed by atoms with Gasteiger partial charge in [-0.2, -0.15) is 0 Å². The largest absolute Gasteiger partial charge is 0.373 e. The van der Waals surface area contributed by atoms with Gasteiger partial charge in [-0.3, -0.25) is 0 Å². The minimum Gasteiger partial charge on any atom is -0.373 e. The maximum absolute atomic E-state index is 5.66. The first-order valence-electron chi connectivity index (χ1n) is 5.90. The number of ether oxygens (including phenoxy) is 1. The Morgan fingerprint density at radius 3 is 2.60 bits per heavy atom. The van der Waals surface area contributed by atoms with Gasteiger partial charge in [-0.05, 0) is 38.6 Å². The molecule has 0 radical (unpaired) electrons. The average molecular weight is 232 g/mol. The lowest BCUT2D eigenvalue weighted by atomic mass is 9.93. The van der Waals surface area contributed by atoms with Crippen molar-refractivity contribution in [2.75, 3.05) is 13.2 Å². The summed E-state index contributed by atoms with van der Waals surface area (Å²) in [7, 11) is 0. The molecule has 1 rings (SSSR count). The Bertz CT molecular complexity index is 188. The van der Waals surface area contributed by atoms with E-state index >= 15 is 0 Å². The highest BCUT2D eigenvalue weighted by Gasteiger charge is 2.20. The molecule has 1 N–H and O–H groups in total. The van der Waals surface area contributed by atoms with Crippen LogP contribution < -0.4 is 5.32 Å². The van der Waals surface area contributed by atoms with Gasteiger partial charge in [0.1, 0.15) is 0 Å². The highest BCUT2D eigenvalue weighted by Crippen LogP contribution is 2.21. The third kappa shape index (κ3) is 5.55. The van der Waals surface area contributed by atoms with Crippen molar-refractivity contribution in [3.63, 3.8) is 0 Å². The van der Waals surface area contributed by atoms with E-state index in [9.17, 15) is 0 Å². The Hall–Kier alpha value is -0.0500. The van der Waals surface area contributed by atoms with Gasteiger partial charge in [0, 0.05) is 11.1 Å². The smallest absolute Gasteiger partial charge is 0.0820 e. The van der Waals surface area contributed by atoms with Crippen LogP contribution in [0.3, 0.4) is 0 Å². The number of halogens is 1. The molecule has 15 heavy (non-hydrogen) atoms. The normalized spacial score (nSPS) is 26.5. The number of rotatable bonds is 6. The first kappa shape index (κ1) is 13.0. The molecule has 0 aromatic rings. The van der Waals surface area contributed by atoms with E-state index in [4.69, 9.17) is 16.3 Å². The number of hydrogen-bond acceptors (Lipinski definition) is 2. The fourth-order valence-corrected chi connectivity index (χ4v) is 2.05. The first-order valence-corrected chi connectivity index (χ1v) is 6.28. The molecular formula is C12H22ClNO. The fraction of sp³-hybridized carbons (Fsp3) is 0.833. The molecule has 2 nitrogen and oxygen atoms in total. The molecule has 0 atom stereocenters. The monoisotopic (exact) mass is 231 g/mol. The average Bonchev–Trinajstić information content (AvgIpc) is 2.25. The molecule has 3 heteroatoms. The standard InChI is InChI=1S/C12H22ClNO/c1-3-8-14-11-4-6-12(7-5-11)15-9-10(2)13/h11-12,14H,2-9H2,1H3. The summed E-state index contributed by atoms with van der Waals surface area (Å²) < 4.78 is 5.64. The lowest BCUT2D eigenvalue weighted by Crippen LogP contribution is -2.35. The topological polar surface area (TPSA) is 21.3 Å². The summed E-state index contributed by atoms with van der Waals surface area (Å²) in [5.41, 5.74) is 0. The second kappa shape index (κ2) is 7.26. The highest BCUT2D eigenvalue weighted by atomic mass is 35.5.